The Morgan fingerprint density at radius 1 is 1.19 bits per heavy atom. The van der Waals surface area contributed by atoms with Crippen LogP contribution in [0.25, 0.3) is 5.69 Å². The van der Waals surface area contributed by atoms with E-state index < -0.39 is 5.91 Å². The molecule has 0 radical (unpaired) electrons. The van der Waals surface area contributed by atoms with E-state index in [1.165, 1.54) is 29.8 Å². The van der Waals surface area contributed by atoms with E-state index in [1.54, 1.807) is 36.9 Å². The number of amidine groups is 1. The zero-order chi connectivity index (χ0) is 25.7. The molecule has 4 rings (SSSR count). The minimum Gasteiger partial charge on any atom is -0.493 e. The molecule has 0 spiro atoms. The van der Waals surface area contributed by atoms with Crippen molar-refractivity contribution >= 4 is 40.6 Å². The Hall–Kier alpha value is -4.32. The molecule has 186 valence electrons. The number of thioether (sulfide) groups is 1. The van der Waals surface area contributed by atoms with Crippen LogP contribution in [0.4, 0.5) is 5.69 Å². The monoisotopic (exact) mass is 508 g/mol. The molecule has 1 saturated heterocycles. The predicted octanol–water partition coefficient (Wildman–Crippen LogP) is 2.06. The number of anilines is 1. The van der Waals surface area contributed by atoms with Crippen molar-refractivity contribution in [3.8, 4) is 17.2 Å². The molecule has 1 aliphatic heterocycles. The number of hydrogen-bond acceptors (Lipinski definition) is 8. The lowest BCUT2D eigenvalue weighted by molar-refractivity contribution is -0.118. The highest BCUT2D eigenvalue weighted by Crippen LogP contribution is 2.27. The van der Waals surface area contributed by atoms with Crippen molar-refractivity contribution in [2.24, 2.45) is 17.3 Å². The fourth-order valence-electron chi connectivity index (χ4n) is 3.44. The number of carbonyl (C=O) groups is 2. The fourth-order valence-corrected chi connectivity index (χ4v) is 4.07. The van der Waals surface area contributed by atoms with Gasteiger partial charge in [0.25, 0.3) is 11.5 Å². The Bertz CT molecular complexity index is 1410. The van der Waals surface area contributed by atoms with Gasteiger partial charge < -0.3 is 20.1 Å². The van der Waals surface area contributed by atoms with Crippen LogP contribution < -0.4 is 25.7 Å². The largest absolute Gasteiger partial charge is 0.493 e. The Morgan fingerprint density at radius 2 is 1.97 bits per heavy atom. The second kappa shape index (κ2) is 11.0. The minimum absolute atomic E-state index is 0.106. The lowest BCUT2D eigenvalue weighted by atomic mass is 10.2. The van der Waals surface area contributed by atoms with E-state index in [1.807, 2.05) is 30.3 Å². The Labute approximate surface area is 210 Å². The molecule has 36 heavy (non-hydrogen) atoms. The highest BCUT2D eigenvalue weighted by atomic mass is 32.2. The Balaban J connectivity index is 1.41. The third-order valence-corrected chi connectivity index (χ3v) is 6.17. The summed E-state index contributed by atoms with van der Waals surface area (Å²) >= 11 is 1.28. The summed E-state index contributed by atoms with van der Waals surface area (Å²) in [6, 6.07) is 14.2. The third kappa shape index (κ3) is 5.49. The van der Waals surface area contributed by atoms with Crippen LogP contribution in [0.5, 0.6) is 11.5 Å². The predicted molar refractivity (Wildman–Crippen MR) is 138 cm³/mol. The lowest BCUT2D eigenvalue weighted by Gasteiger charge is -2.11. The molecular formula is C24H24N6O5S. The van der Waals surface area contributed by atoms with Crippen molar-refractivity contribution in [3.05, 3.63) is 70.1 Å². The zero-order valence-electron chi connectivity index (χ0n) is 19.8. The van der Waals surface area contributed by atoms with Crippen molar-refractivity contribution in [2.75, 3.05) is 24.8 Å². The van der Waals surface area contributed by atoms with E-state index >= 15 is 0 Å². The standard InChI is InChI=1S/C24H24N6O5S/c1-15-22(23(33)30(29(15)2)17-7-5-4-6-8-17)26-20(31)13-35-18-10-9-16(11-19(18)34-3)12-25-28-24-27-21(32)14-36-24/h4-12H,13-14H2,1-3H3,(H,26,31)(H,27,28,32). The van der Waals surface area contributed by atoms with Crippen molar-refractivity contribution in [2.45, 2.75) is 6.92 Å². The number of benzene rings is 2. The van der Waals surface area contributed by atoms with Crippen LogP contribution in [0.2, 0.25) is 0 Å². The van der Waals surface area contributed by atoms with E-state index in [4.69, 9.17) is 9.47 Å². The number of amides is 2. The van der Waals surface area contributed by atoms with Gasteiger partial charge in [-0.3, -0.25) is 19.1 Å². The fraction of sp³-hybridized carbons (Fsp3) is 0.208. The van der Waals surface area contributed by atoms with Gasteiger partial charge in [-0.1, -0.05) is 30.0 Å². The highest BCUT2D eigenvalue weighted by Gasteiger charge is 2.19. The summed E-state index contributed by atoms with van der Waals surface area (Å²) in [7, 11) is 3.23. The summed E-state index contributed by atoms with van der Waals surface area (Å²) in [5, 5.41) is 13.6. The van der Waals surface area contributed by atoms with Gasteiger partial charge in [0.2, 0.25) is 5.91 Å². The van der Waals surface area contributed by atoms with Crippen molar-refractivity contribution in [1.29, 1.82) is 0 Å². The molecule has 1 aromatic heterocycles. The smallest absolute Gasteiger partial charge is 0.295 e. The average Bonchev–Trinajstić information content (AvgIpc) is 3.39. The van der Waals surface area contributed by atoms with Crippen LogP contribution in [-0.2, 0) is 16.6 Å². The molecule has 2 N–H and O–H groups in total. The lowest BCUT2D eigenvalue weighted by Crippen LogP contribution is -2.25. The van der Waals surface area contributed by atoms with Crippen LogP contribution in [0.15, 0.2) is 63.5 Å². The quantitative estimate of drug-likeness (QED) is 0.354. The molecule has 1 aliphatic rings. The van der Waals surface area contributed by atoms with E-state index in [0.717, 1.165) is 0 Å². The first-order valence-electron chi connectivity index (χ1n) is 10.9. The molecule has 2 amide bonds. The van der Waals surface area contributed by atoms with Gasteiger partial charge in [-0.15, -0.1) is 5.10 Å². The highest BCUT2D eigenvalue weighted by molar-refractivity contribution is 8.15. The van der Waals surface area contributed by atoms with Crippen LogP contribution in [0.3, 0.4) is 0 Å². The van der Waals surface area contributed by atoms with Crippen molar-refractivity contribution < 1.29 is 19.1 Å². The van der Waals surface area contributed by atoms with E-state index in [9.17, 15) is 14.4 Å². The van der Waals surface area contributed by atoms with E-state index in [-0.39, 0.29) is 23.8 Å². The number of nitrogens with zero attached hydrogens (tertiary/aromatic N) is 4. The third-order valence-electron chi connectivity index (χ3n) is 5.31. The molecule has 0 bridgehead atoms. The molecule has 0 atom stereocenters. The summed E-state index contributed by atoms with van der Waals surface area (Å²) in [6.07, 6.45) is 1.51. The van der Waals surface area contributed by atoms with Gasteiger partial charge in [-0.05, 0) is 42.8 Å². The molecule has 2 aromatic carbocycles. The molecule has 3 aromatic rings. The van der Waals surface area contributed by atoms with Gasteiger partial charge >= 0.3 is 0 Å². The number of para-hydroxylation sites is 1. The maximum atomic E-state index is 13.0. The minimum atomic E-state index is -0.486. The number of rotatable bonds is 8. The molecule has 1 fully saturated rings. The molecule has 12 heteroatoms. The molecule has 11 nitrogen and oxygen atoms in total. The molecule has 0 saturated carbocycles. The second-order valence-electron chi connectivity index (χ2n) is 7.67. The SMILES string of the molecule is COc1cc(C=NN=C2NC(=O)CS2)ccc1OCC(=O)Nc1c(C)n(C)n(-c2ccccc2)c1=O. The van der Waals surface area contributed by atoms with Crippen LogP contribution >= 0.6 is 11.8 Å². The first kappa shape index (κ1) is 24.8. The summed E-state index contributed by atoms with van der Waals surface area (Å²) in [5.74, 6) is 0.479. The molecule has 0 aliphatic carbocycles. The van der Waals surface area contributed by atoms with Crippen LogP contribution in [-0.4, -0.2) is 52.0 Å². The van der Waals surface area contributed by atoms with Gasteiger partial charge in [0, 0.05) is 7.05 Å². The first-order valence-corrected chi connectivity index (χ1v) is 11.8. The number of ether oxygens (including phenoxy) is 2. The Morgan fingerprint density at radius 3 is 2.67 bits per heavy atom. The van der Waals surface area contributed by atoms with E-state index in [2.05, 4.69) is 20.8 Å². The summed E-state index contributed by atoms with van der Waals surface area (Å²) in [5.41, 5.74) is 1.83. The van der Waals surface area contributed by atoms with Crippen molar-refractivity contribution in [3.63, 3.8) is 0 Å². The topological polar surface area (TPSA) is 128 Å². The maximum Gasteiger partial charge on any atom is 0.295 e. The number of aromatic nitrogens is 2. The van der Waals surface area contributed by atoms with Gasteiger partial charge in [0.1, 0.15) is 5.69 Å². The van der Waals surface area contributed by atoms with Gasteiger partial charge in [-0.25, -0.2) is 4.68 Å². The molecular weight excluding hydrogens is 484 g/mol. The van der Waals surface area contributed by atoms with Crippen LogP contribution in [0.1, 0.15) is 11.3 Å². The van der Waals surface area contributed by atoms with Gasteiger partial charge in [-0.2, -0.15) is 5.10 Å². The van der Waals surface area contributed by atoms with Crippen LogP contribution in [0, 0.1) is 6.92 Å². The van der Waals surface area contributed by atoms with Gasteiger partial charge in [0.05, 0.1) is 30.5 Å². The maximum absolute atomic E-state index is 13.0. The first-order chi connectivity index (χ1) is 17.4. The number of methoxy groups -OCH3 is 1. The summed E-state index contributed by atoms with van der Waals surface area (Å²) in [6.45, 7) is 1.43. The Kier molecular flexibility index (Phi) is 7.54. The zero-order valence-corrected chi connectivity index (χ0v) is 20.7. The van der Waals surface area contributed by atoms with Gasteiger partial charge in [0.15, 0.2) is 23.3 Å². The number of hydrogen-bond donors (Lipinski definition) is 2. The van der Waals surface area contributed by atoms with Crippen molar-refractivity contribution in [1.82, 2.24) is 14.7 Å². The molecule has 0 unspecified atom stereocenters. The molecule has 2 heterocycles. The normalized spacial score (nSPS) is 14.3. The average molecular weight is 509 g/mol. The summed E-state index contributed by atoms with van der Waals surface area (Å²) in [4.78, 5) is 36.8. The number of carbonyl (C=O) groups excluding carboxylic acids is 2. The number of nitrogens with one attached hydrogen (secondary N) is 2. The second-order valence-corrected chi connectivity index (χ2v) is 8.63. The van der Waals surface area contributed by atoms with E-state index in [0.29, 0.717) is 39.4 Å². The summed E-state index contributed by atoms with van der Waals surface area (Å²) < 4.78 is 14.2.